The number of likely N-dealkylation sites (N-methyl/N-ethyl adjacent to an activating group) is 1. The van der Waals surface area contributed by atoms with Gasteiger partial charge in [-0.25, -0.2) is 4.98 Å². The minimum Gasteiger partial charge on any atom is -0.356 e. The Morgan fingerprint density at radius 3 is 2.67 bits per heavy atom. The second-order valence-corrected chi connectivity index (χ2v) is 7.64. The lowest BCUT2D eigenvalue weighted by atomic mass is 9.91. The molecular formula is C25H30N4O. The van der Waals surface area contributed by atoms with E-state index >= 15 is 0 Å². The SMILES string of the molecule is CCCC(Cc1cncc(-c2ccc(CC(=O)NCC)c(C)c2)n1)c1cccnc1. The summed E-state index contributed by atoms with van der Waals surface area (Å²) in [6.45, 7) is 6.82. The van der Waals surface area contributed by atoms with Crippen LogP contribution in [0.3, 0.4) is 0 Å². The Kier molecular flexibility index (Phi) is 7.66. The normalized spacial score (nSPS) is 11.8. The molecule has 2 heterocycles. The molecule has 0 aliphatic rings. The maximum absolute atomic E-state index is 11.9. The number of carbonyl (C=O) groups is 1. The van der Waals surface area contributed by atoms with Crippen molar-refractivity contribution in [2.45, 2.75) is 52.4 Å². The molecule has 3 rings (SSSR count). The largest absolute Gasteiger partial charge is 0.356 e. The number of aryl methyl sites for hydroxylation is 1. The molecule has 0 aliphatic heterocycles. The quantitative estimate of drug-likeness (QED) is 0.566. The first-order valence-corrected chi connectivity index (χ1v) is 10.7. The van der Waals surface area contributed by atoms with Gasteiger partial charge >= 0.3 is 0 Å². The van der Waals surface area contributed by atoms with Gasteiger partial charge in [-0.05, 0) is 61.4 Å². The Hall–Kier alpha value is -3.08. The Morgan fingerprint density at radius 2 is 1.97 bits per heavy atom. The molecule has 0 aliphatic carbocycles. The predicted octanol–water partition coefficient (Wildman–Crippen LogP) is 4.65. The molecule has 1 unspecified atom stereocenters. The Labute approximate surface area is 179 Å². The summed E-state index contributed by atoms with van der Waals surface area (Å²) in [6, 6.07) is 10.3. The fourth-order valence-corrected chi connectivity index (χ4v) is 3.73. The molecule has 156 valence electrons. The molecule has 0 saturated carbocycles. The molecule has 0 radical (unpaired) electrons. The van der Waals surface area contributed by atoms with Crippen LogP contribution in [0.25, 0.3) is 11.3 Å². The summed E-state index contributed by atoms with van der Waals surface area (Å²) < 4.78 is 0. The van der Waals surface area contributed by atoms with Gasteiger partial charge < -0.3 is 5.32 Å². The highest BCUT2D eigenvalue weighted by molar-refractivity contribution is 5.79. The lowest BCUT2D eigenvalue weighted by Crippen LogP contribution is -2.24. The van der Waals surface area contributed by atoms with Gasteiger partial charge in [-0.3, -0.25) is 14.8 Å². The highest BCUT2D eigenvalue weighted by Gasteiger charge is 2.14. The van der Waals surface area contributed by atoms with E-state index in [1.54, 1.807) is 6.20 Å². The minimum atomic E-state index is 0.0486. The third kappa shape index (κ3) is 5.72. The molecule has 0 spiro atoms. The van der Waals surface area contributed by atoms with Crippen LogP contribution in [0.4, 0.5) is 0 Å². The van der Waals surface area contributed by atoms with Crippen molar-refractivity contribution in [3.63, 3.8) is 0 Å². The summed E-state index contributed by atoms with van der Waals surface area (Å²) in [4.78, 5) is 25.5. The smallest absolute Gasteiger partial charge is 0.224 e. The highest BCUT2D eigenvalue weighted by Crippen LogP contribution is 2.26. The van der Waals surface area contributed by atoms with Crippen molar-refractivity contribution in [3.05, 3.63) is 77.5 Å². The molecule has 1 atom stereocenters. The number of rotatable bonds is 9. The molecule has 0 fully saturated rings. The van der Waals surface area contributed by atoms with Crippen LogP contribution >= 0.6 is 0 Å². The zero-order chi connectivity index (χ0) is 21.3. The van der Waals surface area contributed by atoms with E-state index in [1.807, 2.05) is 50.6 Å². The van der Waals surface area contributed by atoms with Gasteiger partial charge in [-0.1, -0.05) is 31.5 Å². The Balaban J connectivity index is 1.79. The zero-order valence-corrected chi connectivity index (χ0v) is 18.1. The molecule has 1 N–H and O–H groups in total. The monoisotopic (exact) mass is 402 g/mol. The average Bonchev–Trinajstić information content (AvgIpc) is 2.76. The molecule has 1 amide bonds. The van der Waals surface area contributed by atoms with Crippen molar-refractivity contribution in [2.24, 2.45) is 0 Å². The summed E-state index contributed by atoms with van der Waals surface area (Å²) in [5.74, 6) is 0.432. The number of hydrogen-bond acceptors (Lipinski definition) is 4. The number of carbonyl (C=O) groups excluding carboxylic acids is 1. The number of nitrogens with zero attached hydrogens (tertiary/aromatic N) is 3. The fourth-order valence-electron chi connectivity index (χ4n) is 3.73. The maximum atomic E-state index is 11.9. The number of hydrogen-bond donors (Lipinski definition) is 1. The van der Waals surface area contributed by atoms with Crippen molar-refractivity contribution < 1.29 is 4.79 Å². The van der Waals surface area contributed by atoms with Crippen molar-refractivity contribution in [2.75, 3.05) is 6.54 Å². The van der Waals surface area contributed by atoms with Crippen LogP contribution in [-0.4, -0.2) is 27.4 Å². The van der Waals surface area contributed by atoms with Gasteiger partial charge in [0.05, 0.1) is 24.0 Å². The zero-order valence-electron chi connectivity index (χ0n) is 18.1. The van der Waals surface area contributed by atoms with Crippen LogP contribution in [0.15, 0.2) is 55.1 Å². The number of pyridine rings is 1. The first-order valence-electron chi connectivity index (χ1n) is 10.7. The summed E-state index contributed by atoms with van der Waals surface area (Å²) in [5, 5.41) is 2.85. The topological polar surface area (TPSA) is 67.8 Å². The summed E-state index contributed by atoms with van der Waals surface area (Å²) in [5.41, 5.74) is 6.24. The van der Waals surface area contributed by atoms with Crippen LogP contribution in [0, 0.1) is 6.92 Å². The van der Waals surface area contributed by atoms with E-state index < -0.39 is 0 Å². The van der Waals surface area contributed by atoms with Gasteiger partial charge in [0, 0.05) is 30.7 Å². The summed E-state index contributed by atoms with van der Waals surface area (Å²) in [7, 11) is 0. The van der Waals surface area contributed by atoms with Crippen LogP contribution in [0.5, 0.6) is 0 Å². The molecule has 0 saturated heterocycles. The molecule has 2 aromatic heterocycles. The van der Waals surface area contributed by atoms with Crippen molar-refractivity contribution in [3.8, 4) is 11.3 Å². The fraction of sp³-hybridized carbons (Fsp3) is 0.360. The molecular weight excluding hydrogens is 372 g/mol. The number of aromatic nitrogens is 3. The lowest BCUT2D eigenvalue weighted by Gasteiger charge is -2.16. The minimum absolute atomic E-state index is 0.0486. The van der Waals surface area contributed by atoms with Crippen molar-refractivity contribution in [1.29, 1.82) is 0 Å². The molecule has 5 heteroatoms. The van der Waals surface area contributed by atoms with Crippen LogP contribution in [-0.2, 0) is 17.6 Å². The van der Waals surface area contributed by atoms with E-state index in [1.165, 1.54) is 5.56 Å². The Morgan fingerprint density at radius 1 is 1.10 bits per heavy atom. The van der Waals surface area contributed by atoms with Crippen LogP contribution in [0.2, 0.25) is 0 Å². The van der Waals surface area contributed by atoms with E-state index in [-0.39, 0.29) is 5.91 Å². The van der Waals surface area contributed by atoms with E-state index in [0.717, 1.165) is 47.3 Å². The van der Waals surface area contributed by atoms with Gasteiger partial charge in [-0.2, -0.15) is 0 Å². The highest BCUT2D eigenvalue weighted by atomic mass is 16.1. The van der Waals surface area contributed by atoms with E-state index in [0.29, 0.717) is 18.9 Å². The number of benzene rings is 1. The van der Waals surface area contributed by atoms with Crippen molar-refractivity contribution in [1.82, 2.24) is 20.3 Å². The third-order valence-corrected chi connectivity index (χ3v) is 5.30. The second-order valence-electron chi connectivity index (χ2n) is 7.64. The van der Waals surface area contributed by atoms with Gasteiger partial charge in [0.25, 0.3) is 0 Å². The number of nitrogens with one attached hydrogen (secondary N) is 1. The molecule has 3 aromatic rings. The first kappa shape index (κ1) is 21.6. The molecule has 30 heavy (non-hydrogen) atoms. The first-order chi connectivity index (χ1) is 14.6. The molecule has 5 nitrogen and oxygen atoms in total. The summed E-state index contributed by atoms with van der Waals surface area (Å²) >= 11 is 0. The van der Waals surface area contributed by atoms with Crippen molar-refractivity contribution >= 4 is 5.91 Å². The summed E-state index contributed by atoms with van der Waals surface area (Å²) in [6.07, 6.45) is 10.9. The standard InChI is InChI=1S/C25H30N4O/c1-4-7-20(22-8-6-11-26-15-22)13-23-16-27-17-24(29-23)21-10-9-19(18(3)12-21)14-25(30)28-5-2/h6,8-12,15-17,20H,4-5,7,13-14H2,1-3H3,(H,28,30). The van der Waals surface area contributed by atoms with E-state index in [9.17, 15) is 4.79 Å². The van der Waals surface area contributed by atoms with Crippen LogP contribution in [0.1, 0.15) is 55.0 Å². The third-order valence-electron chi connectivity index (χ3n) is 5.30. The second kappa shape index (κ2) is 10.6. The van der Waals surface area contributed by atoms with E-state index in [4.69, 9.17) is 4.98 Å². The maximum Gasteiger partial charge on any atom is 0.224 e. The lowest BCUT2D eigenvalue weighted by molar-refractivity contribution is -0.120. The Bertz CT molecular complexity index is 972. The molecule has 0 bridgehead atoms. The van der Waals surface area contributed by atoms with Gasteiger partial charge in [-0.15, -0.1) is 0 Å². The predicted molar refractivity (Wildman–Crippen MR) is 120 cm³/mol. The van der Waals surface area contributed by atoms with Gasteiger partial charge in [0.15, 0.2) is 0 Å². The average molecular weight is 403 g/mol. The van der Waals surface area contributed by atoms with E-state index in [2.05, 4.69) is 34.3 Å². The number of amides is 1. The van der Waals surface area contributed by atoms with Crippen LogP contribution < -0.4 is 5.32 Å². The van der Waals surface area contributed by atoms with Gasteiger partial charge in [0.1, 0.15) is 0 Å². The van der Waals surface area contributed by atoms with Gasteiger partial charge in [0.2, 0.25) is 5.91 Å². The molecule has 1 aromatic carbocycles.